The third-order valence-corrected chi connectivity index (χ3v) is 2.95. The molecule has 0 aliphatic heterocycles. The number of amides is 1. The number of halogens is 2. The fraction of sp³-hybridized carbons (Fsp3) is 0.300. The predicted molar refractivity (Wildman–Crippen MR) is 65.9 cm³/mol. The van der Waals surface area contributed by atoms with Crippen molar-refractivity contribution in [2.45, 2.75) is 6.42 Å². The Morgan fingerprint density at radius 1 is 1.40 bits per heavy atom. The average molecular weight is 337 g/mol. The fourth-order valence-electron chi connectivity index (χ4n) is 1.05. The molecule has 1 aromatic carbocycles. The molecule has 5 heteroatoms. The van der Waals surface area contributed by atoms with Crippen molar-refractivity contribution < 1.29 is 9.90 Å². The molecule has 0 spiro atoms. The van der Waals surface area contributed by atoms with Crippen LogP contribution in [0.1, 0.15) is 16.8 Å². The lowest BCUT2D eigenvalue weighted by Gasteiger charge is -2.06. The Bertz CT molecular complexity index is 355. The first-order valence-electron chi connectivity index (χ1n) is 4.49. The molecule has 0 aliphatic rings. The highest BCUT2D eigenvalue weighted by molar-refractivity contribution is 9.11. The lowest BCUT2D eigenvalue weighted by atomic mass is 10.2. The minimum absolute atomic E-state index is 0.0851. The standard InChI is InChI=1S/C10H11Br2NO2/c11-7-2-3-8(9(12)6-7)10(15)13-4-1-5-14/h2-3,6,14H,1,4-5H2,(H,13,15). The van der Waals surface area contributed by atoms with Gasteiger partial charge in [0, 0.05) is 22.1 Å². The van der Waals surface area contributed by atoms with Crippen LogP contribution >= 0.6 is 31.9 Å². The Morgan fingerprint density at radius 3 is 2.73 bits per heavy atom. The molecule has 1 aromatic rings. The van der Waals surface area contributed by atoms with E-state index in [0.29, 0.717) is 18.5 Å². The number of rotatable bonds is 4. The van der Waals surface area contributed by atoms with E-state index in [1.54, 1.807) is 6.07 Å². The number of benzene rings is 1. The van der Waals surface area contributed by atoms with Gasteiger partial charge < -0.3 is 10.4 Å². The topological polar surface area (TPSA) is 49.3 Å². The number of carbonyl (C=O) groups is 1. The van der Waals surface area contributed by atoms with Gasteiger partial charge in [-0.25, -0.2) is 0 Å². The molecule has 0 saturated carbocycles. The molecular weight excluding hydrogens is 326 g/mol. The van der Waals surface area contributed by atoms with E-state index in [9.17, 15) is 4.79 Å². The third-order valence-electron chi connectivity index (χ3n) is 1.80. The van der Waals surface area contributed by atoms with Crippen LogP contribution in [0.2, 0.25) is 0 Å². The molecule has 0 atom stereocenters. The number of nitrogens with one attached hydrogen (secondary N) is 1. The molecule has 0 aromatic heterocycles. The zero-order valence-electron chi connectivity index (χ0n) is 7.96. The summed E-state index contributed by atoms with van der Waals surface area (Å²) < 4.78 is 1.67. The molecule has 82 valence electrons. The first-order chi connectivity index (χ1) is 7.15. The zero-order chi connectivity index (χ0) is 11.3. The second-order valence-electron chi connectivity index (χ2n) is 2.96. The number of hydrogen-bond donors (Lipinski definition) is 2. The van der Waals surface area contributed by atoms with E-state index in [0.717, 1.165) is 8.95 Å². The Morgan fingerprint density at radius 2 is 2.13 bits per heavy atom. The van der Waals surface area contributed by atoms with Gasteiger partial charge in [0.1, 0.15) is 0 Å². The molecule has 0 heterocycles. The maximum atomic E-state index is 11.6. The fourth-order valence-corrected chi connectivity index (χ4v) is 2.28. The number of carbonyl (C=O) groups excluding carboxylic acids is 1. The van der Waals surface area contributed by atoms with E-state index >= 15 is 0 Å². The van der Waals surface area contributed by atoms with Gasteiger partial charge in [0.15, 0.2) is 0 Å². The van der Waals surface area contributed by atoms with E-state index in [2.05, 4.69) is 37.2 Å². The van der Waals surface area contributed by atoms with E-state index in [-0.39, 0.29) is 12.5 Å². The average Bonchev–Trinajstić information content (AvgIpc) is 2.17. The van der Waals surface area contributed by atoms with Gasteiger partial charge in [0.05, 0.1) is 5.56 Å². The van der Waals surface area contributed by atoms with Crippen LogP contribution < -0.4 is 5.32 Å². The highest BCUT2D eigenvalue weighted by Crippen LogP contribution is 2.21. The first-order valence-corrected chi connectivity index (χ1v) is 6.08. The van der Waals surface area contributed by atoms with Gasteiger partial charge in [0.25, 0.3) is 5.91 Å². The monoisotopic (exact) mass is 335 g/mol. The van der Waals surface area contributed by atoms with Crippen LogP contribution in [0.5, 0.6) is 0 Å². The van der Waals surface area contributed by atoms with E-state index < -0.39 is 0 Å². The van der Waals surface area contributed by atoms with Crippen LogP contribution in [0, 0.1) is 0 Å². The summed E-state index contributed by atoms with van der Waals surface area (Å²) >= 11 is 6.63. The van der Waals surface area contributed by atoms with Gasteiger partial charge >= 0.3 is 0 Å². The summed E-state index contributed by atoms with van der Waals surface area (Å²) in [5.74, 6) is -0.136. The molecular formula is C10H11Br2NO2. The van der Waals surface area contributed by atoms with Crippen LogP contribution in [0.25, 0.3) is 0 Å². The molecule has 3 nitrogen and oxygen atoms in total. The van der Waals surface area contributed by atoms with Crippen molar-refractivity contribution in [2.24, 2.45) is 0 Å². The number of aliphatic hydroxyl groups is 1. The van der Waals surface area contributed by atoms with Crippen molar-refractivity contribution >= 4 is 37.8 Å². The molecule has 0 aliphatic carbocycles. The SMILES string of the molecule is O=C(NCCCO)c1ccc(Br)cc1Br. The zero-order valence-corrected chi connectivity index (χ0v) is 11.1. The molecule has 0 unspecified atom stereocenters. The summed E-state index contributed by atoms with van der Waals surface area (Å²) in [5.41, 5.74) is 0.594. The predicted octanol–water partition coefficient (Wildman–Crippen LogP) is 2.32. The van der Waals surface area contributed by atoms with Gasteiger partial charge in [-0.15, -0.1) is 0 Å². The minimum atomic E-state index is -0.136. The van der Waals surface area contributed by atoms with Gasteiger partial charge in [-0.05, 0) is 40.5 Å². The first kappa shape index (κ1) is 12.7. The summed E-state index contributed by atoms with van der Waals surface area (Å²) in [4.78, 5) is 11.6. The number of hydrogen-bond acceptors (Lipinski definition) is 2. The lowest BCUT2D eigenvalue weighted by molar-refractivity contribution is 0.0950. The lowest BCUT2D eigenvalue weighted by Crippen LogP contribution is -2.25. The van der Waals surface area contributed by atoms with Crippen LogP contribution in [-0.4, -0.2) is 24.2 Å². The molecule has 0 bridgehead atoms. The van der Waals surface area contributed by atoms with Gasteiger partial charge in [-0.3, -0.25) is 4.79 Å². The van der Waals surface area contributed by atoms with Crippen molar-refractivity contribution in [3.63, 3.8) is 0 Å². The van der Waals surface area contributed by atoms with Crippen molar-refractivity contribution in [3.8, 4) is 0 Å². The molecule has 0 saturated heterocycles. The minimum Gasteiger partial charge on any atom is -0.396 e. The molecule has 2 N–H and O–H groups in total. The smallest absolute Gasteiger partial charge is 0.252 e. The van der Waals surface area contributed by atoms with E-state index in [1.807, 2.05) is 12.1 Å². The Balaban J connectivity index is 2.65. The highest BCUT2D eigenvalue weighted by atomic mass is 79.9. The molecule has 0 radical (unpaired) electrons. The summed E-state index contributed by atoms with van der Waals surface area (Å²) in [6.45, 7) is 0.569. The Labute approximate surface area is 105 Å². The summed E-state index contributed by atoms with van der Waals surface area (Å²) in [5, 5.41) is 11.3. The molecule has 1 amide bonds. The largest absolute Gasteiger partial charge is 0.396 e. The Hall–Kier alpha value is -0.390. The summed E-state index contributed by atoms with van der Waals surface area (Å²) in [7, 11) is 0. The normalized spacial score (nSPS) is 10.1. The van der Waals surface area contributed by atoms with Gasteiger partial charge in [0.2, 0.25) is 0 Å². The van der Waals surface area contributed by atoms with Crippen LogP contribution in [0.4, 0.5) is 0 Å². The second-order valence-corrected chi connectivity index (χ2v) is 4.73. The van der Waals surface area contributed by atoms with Crippen LogP contribution in [0.15, 0.2) is 27.1 Å². The highest BCUT2D eigenvalue weighted by Gasteiger charge is 2.08. The van der Waals surface area contributed by atoms with Crippen LogP contribution in [0.3, 0.4) is 0 Å². The molecule has 15 heavy (non-hydrogen) atoms. The van der Waals surface area contributed by atoms with Crippen molar-refractivity contribution in [3.05, 3.63) is 32.7 Å². The molecule has 1 rings (SSSR count). The third kappa shape index (κ3) is 3.93. The maximum Gasteiger partial charge on any atom is 0.252 e. The van der Waals surface area contributed by atoms with Crippen LogP contribution in [-0.2, 0) is 0 Å². The van der Waals surface area contributed by atoms with Gasteiger partial charge in [-0.2, -0.15) is 0 Å². The number of aliphatic hydroxyl groups excluding tert-OH is 1. The van der Waals surface area contributed by atoms with E-state index in [4.69, 9.17) is 5.11 Å². The summed E-state index contributed by atoms with van der Waals surface area (Å²) in [6, 6.07) is 5.37. The Kier molecular flexibility index (Phi) is 5.28. The summed E-state index contributed by atoms with van der Waals surface area (Å²) in [6.07, 6.45) is 0.569. The second kappa shape index (κ2) is 6.25. The van der Waals surface area contributed by atoms with E-state index in [1.165, 1.54) is 0 Å². The quantitative estimate of drug-likeness (QED) is 0.829. The molecule has 0 fully saturated rings. The van der Waals surface area contributed by atoms with Crippen molar-refractivity contribution in [1.29, 1.82) is 0 Å². The van der Waals surface area contributed by atoms with Gasteiger partial charge in [-0.1, -0.05) is 15.9 Å². The van der Waals surface area contributed by atoms with Crippen molar-refractivity contribution in [1.82, 2.24) is 5.32 Å². The maximum absolute atomic E-state index is 11.6. The van der Waals surface area contributed by atoms with Crippen molar-refractivity contribution in [2.75, 3.05) is 13.2 Å².